The molecule has 0 aliphatic rings. The topological polar surface area (TPSA) is 85.8 Å². The summed E-state index contributed by atoms with van der Waals surface area (Å²) in [7, 11) is 0. The Balaban J connectivity index is 1.87. The Morgan fingerprint density at radius 1 is 1.43 bits per heavy atom. The molecule has 0 fully saturated rings. The largest absolute Gasteiger partial charge is 0.349 e. The number of thioether (sulfide) groups is 1. The standard InChI is InChI=1S/C13H16FN5OS/c1-8(10-3-5-11(14)6-4-10)16-12(20)7-21-13-18-17-9(2)19(13)15/h3-6,8H,7,15H2,1-2H3,(H,16,20)/t8-/m1/s1. The first-order chi connectivity index (χ1) is 9.97. The predicted molar refractivity (Wildman–Crippen MR) is 78.6 cm³/mol. The first kappa shape index (κ1) is 15.3. The zero-order valence-electron chi connectivity index (χ0n) is 11.7. The molecule has 2 aromatic rings. The van der Waals surface area contributed by atoms with Gasteiger partial charge in [0.15, 0.2) is 0 Å². The summed E-state index contributed by atoms with van der Waals surface area (Å²) >= 11 is 1.21. The maximum Gasteiger partial charge on any atom is 0.230 e. The normalized spacial score (nSPS) is 12.1. The molecule has 1 aromatic carbocycles. The SMILES string of the molecule is Cc1nnc(SCC(=O)N[C@H](C)c2ccc(F)cc2)n1N. The van der Waals surface area contributed by atoms with Crippen molar-refractivity contribution in [3.8, 4) is 0 Å². The maximum absolute atomic E-state index is 12.8. The zero-order chi connectivity index (χ0) is 15.4. The average molecular weight is 309 g/mol. The molecule has 0 bridgehead atoms. The molecule has 2 rings (SSSR count). The molecule has 0 radical (unpaired) electrons. The molecule has 0 saturated carbocycles. The molecule has 1 heterocycles. The number of benzene rings is 1. The summed E-state index contributed by atoms with van der Waals surface area (Å²) in [5.41, 5.74) is 0.840. The van der Waals surface area contributed by atoms with Crippen LogP contribution in [0, 0.1) is 12.7 Å². The Labute approximate surface area is 125 Å². The van der Waals surface area contributed by atoms with E-state index < -0.39 is 0 Å². The Morgan fingerprint density at radius 2 is 2.10 bits per heavy atom. The van der Waals surface area contributed by atoms with E-state index in [-0.39, 0.29) is 23.5 Å². The number of nitrogens with one attached hydrogen (secondary N) is 1. The number of aryl methyl sites for hydroxylation is 1. The van der Waals surface area contributed by atoms with Crippen LogP contribution in [0.25, 0.3) is 0 Å². The van der Waals surface area contributed by atoms with Crippen LogP contribution in [-0.2, 0) is 4.79 Å². The van der Waals surface area contributed by atoms with Gasteiger partial charge in [-0.2, -0.15) is 0 Å². The van der Waals surface area contributed by atoms with Gasteiger partial charge in [-0.1, -0.05) is 23.9 Å². The third-order valence-electron chi connectivity index (χ3n) is 2.91. The molecule has 0 unspecified atom stereocenters. The Hall–Kier alpha value is -2.09. The Bertz CT molecular complexity index is 628. The van der Waals surface area contributed by atoms with E-state index in [0.29, 0.717) is 11.0 Å². The summed E-state index contributed by atoms with van der Waals surface area (Å²) < 4.78 is 14.2. The van der Waals surface area contributed by atoms with Crippen LogP contribution in [0.5, 0.6) is 0 Å². The Kier molecular flexibility index (Phi) is 4.79. The lowest BCUT2D eigenvalue weighted by Crippen LogP contribution is -2.28. The third kappa shape index (κ3) is 3.94. The maximum atomic E-state index is 12.8. The van der Waals surface area contributed by atoms with E-state index in [1.807, 2.05) is 6.92 Å². The van der Waals surface area contributed by atoms with E-state index in [1.165, 1.54) is 28.6 Å². The number of carbonyl (C=O) groups excluding carboxylic acids is 1. The number of aromatic nitrogens is 3. The number of nitrogens with zero attached hydrogens (tertiary/aromatic N) is 3. The number of nitrogens with two attached hydrogens (primary N) is 1. The van der Waals surface area contributed by atoms with Crippen LogP contribution in [0.15, 0.2) is 29.4 Å². The third-order valence-corrected chi connectivity index (χ3v) is 3.86. The molecule has 21 heavy (non-hydrogen) atoms. The minimum absolute atomic E-state index is 0.155. The number of nitrogen functional groups attached to an aromatic ring is 1. The van der Waals surface area contributed by atoms with Crippen molar-refractivity contribution < 1.29 is 9.18 Å². The quantitative estimate of drug-likeness (QED) is 0.644. The van der Waals surface area contributed by atoms with Crippen LogP contribution in [0.3, 0.4) is 0 Å². The minimum Gasteiger partial charge on any atom is -0.349 e. The molecule has 0 aliphatic heterocycles. The van der Waals surface area contributed by atoms with Crippen molar-refractivity contribution >= 4 is 17.7 Å². The van der Waals surface area contributed by atoms with Gasteiger partial charge in [0, 0.05) is 0 Å². The highest BCUT2D eigenvalue weighted by atomic mass is 32.2. The van der Waals surface area contributed by atoms with Crippen molar-refractivity contribution in [1.29, 1.82) is 0 Å². The average Bonchev–Trinajstić information content (AvgIpc) is 2.77. The summed E-state index contributed by atoms with van der Waals surface area (Å²) in [5, 5.41) is 11.0. The van der Waals surface area contributed by atoms with Crippen LogP contribution in [0.4, 0.5) is 4.39 Å². The van der Waals surface area contributed by atoms with Crippen molar-refractivity contribution in [2.75, 3.05) is 11.6 Å². The monoisotopic (exact) mass is 309 g/mol. The lowest BCUT2D eigenvalue weighted by atomic mass is 10.1. The van der Waals surface area contributed by atoms with Gasteiger partial charge < -0.3 is 11.2 Å². The first-order valence-corrected chi connectivity index (χ1v) is 7.30. The smallest absolute Gasteiger partial charge is 0.230 e. The molecule has 6 nitrogen and oxygen atoms in total. The molecule has 112 valence electrons. The van der Waals surface area contributed by atoms with E-state index in [1.54, 1.807) is 19.1 Å². The summed E-state index contributed by atoms with van der Waals surface area (Å²) in [6.45, 7) is 3.57. The van der Waals surface area contributed by atoms with Gasteiger partial charge in [0.2, 0.25) is 11.1 Å². The molecule has 3 N–H and O–H groups in total. The van der Waals surface area contributed by atoms with E-state index in [9.17, 15) is 9.18 Å². The van der Waals surface area contributed by atoms with Crippen molar-refractivity contribution in [3.63, 3.8) is 0 Å². The fourth-order valence-electron chi connectivity index (χ4n) is 1.70. The number of rotatable bonds is 5. The Morgan fingerprint density at radius 3 is 2.67 bits per heavy atom. The predicted octanol–water partition coefficient (Wildman–Crippen LogP) is 1.41. The lowest BCUT2D eigenvalue weighted by Gasteiger charge is -2.14. The highest BCUT2D eigenvalue weighted by Gasteiger charge is 2.12. The molecule has 8 heteroatoms. The molecule has 0 spiro atoms. The van der Waals surface area contributed by atoms with Gasteiger partial charge in [-0.25, -0.2) is 9.07 Å². The van der Waals surface area contributed by atoms with E-state index in [0.717, 1.165) is 5.56 Å². The molecule has 1 amide bonds. The number of halogens is 1. The molecular weight excluding hydrogens is 293 g/mol. The number of carbonyl (C=O) groups is 1. The van der Waals surface area contributed by atoms with E-state index >= 15 is 0 Å². The highest BCUT2D eigenvalue weighted by molar-refractivity contribution is 7.99. The fraction of sp³-hybridized carbons (Fsp3) is 0.308. The summed E-state index contributed by atoms with van der Waals surface area (Å²) in [4.78, 5) is 11.9. The fourth-order valence-corrected chi connectivity index (χ4v) is 2.41. The number of hydrogen-bond donors (Lipinski definition) is 2. The van der Waals surface area contributed by atoms with E-state index in [4.69, 9.17) is 5.84 Å². The zero-order valence-corrected chi connectivity index (χ0v) is 12.5. The second kappa shape index (κ2) is 6.57. The van der Waals surface area contributed by atoms with Gasteiger partial charge in [-0.15, -0.1) is 10.2 Å². The number of amides is 1. The second-order valence-electron chi connectivity index (χ2n) is 4.53. The van der Waals surface area contributed by atoms with E-state index in [2.05, 4.69) is 15.5 Å². The lowest BCUT2D eigenvalue weighted by molar-refractivity contribution is -0.119. The first-order valence-electron chi connectivity index (χ1n) is 6.32. The van der Waals surface area contributed by atoms with Gasteiger partial charge in [0.05, 0.1) is 11.8 Å². The van der Waals surface area contributed by atoms with Gasteiger partial charge in [0.1, 0.15) is 11.6 Å². The molecular formula is C13H16FN5OS. The minimum atomic E-state index is -0.300. The van der Waals surface area contributed by atoms with Crippen molar-refractivity contribution in [3.05, 3.63) is 41.5 Å². The van der Waals surface area contributed by atoms with Crippen molar-refractivity contribution in [2.45, 2.75) is 25.0 Å². The highest BCUT2D eigenvalue weighted by Crippen LogP contribution is 2.16. The number of hydrogen-bond acceptors (Lipinski definition) is 5. The second-order valence-corrected chi connectivity index (χ2v) is 5.47. The summed E-state index contributed by atoms with van der Waals surface area (Å²) in [6, 6.07) is 5.83. The van der Waals surface area contributed by atoms with Crippen molar-refractivity contribution in [2.24, 2.45) is 0 Å². The van der Waals surface area contributed by atoms with Crippen LogP contribution >= 0.6 is 11.8 Å². The summed E-state index contributed by atoms with van der Waals surface area (Å²) in [6.07, 6.45) is 0. The van der Waals surface area contributed by atoms with Crippen LogP contribution in [0.2, 0.25) is 0 Å². The van der Waals surface area contributed by atoms with Crippen LogP contribution < -0.4 is 11.2 Å². The molecule has 1 atom stereocenters. The van der Waals surface area contributed by atoms with Crippen molar-refractivity contribution in [1.82, 2.24) is 20.2 Å². The van der Waals surface area contributed by atoms with Gasteiger partial charge >= 0.3 is 0 Å². The summed E-state index contributed by atoms with van der Waals surface area (Å²) in [5.74, 6) is 6.01. The van der Waals surface area contributed by atoms with Gasteiger partial charge in [-0.3, -0.25) is 4.79 Å². The van der Waals surface area contributed by atoms with Crippen LogP contribution in [0.1, 0.15) is 24.4 Å². The molecule has 1 aromatic heterocycles. The van der Waals surface area contributed by atoms with Gasteiger partial charge in [-0.05, 0) is 31.5 Å². The molecule has 0 aliphatic carbocycles. The van der Waals surface area contributed by atoms with Crippen LogP contribution in [-0.4, -0.2) is 26.5 Å². The van der Waals surface area contributed by atoms with Gasteiger partial charge in [0.25, 0.3) is 0 Å². The molecule has 0 saturated heterocycles.